The molecule has 1 aliphatic heterocycles. The zero-order valence-electron chi connectivity index (χ0n) is 10.4. The molecule has 4 nitrogen and oxygen atoms in total. The van der Waals surface area contributed by atoms with E-state index in [2.05, 4.69) is 10.2 Å². The van der Waals surface area contributed by atoms with E-state index >= 15 is 0 Å². The molecule has 2 rings (SSSR count). The van der Waals surface area contributed by atoms with Crippen LogP contribution in [0.2, 0.25) is 0 Å². The monoisotopic (exact) mass is 234 g/mol. The SMILES string of the molecule is CNC(=O)[C@@H]1O[C@H](C)N(C)[C@@H]1c1ccccc1. The highest BCUT2D eigenvalue weighted by Gasteiger charge is 2.42. The van der Waals surface area contributed by atoms with Crippen molar-refractivity contribution in [3.05, 3.63) is 35.9 Å². The van der Waals surface area contributed by atoms with Crippen LogP contribution in [-0.2, 0) is 9.53 Å². The second-order valence-electron chi connectivity index (χ2n) is 4.29. The number of hydrogen-bond acceptors (Lipinski definition) is 3. The molecule has 0 spiro atoms. The first kappa shape index (κ1) is 12.1. The molecule has 0 unspecified atom stereocenters. The van der Waals surface area contributed by atoms with Gasteiger partial charge in [0.05, 0.1) is 6.04 Å². The minimum Gasteiger partial charge on any atom is -0.357 e. The van der Waals surface area contributed by atoms with Crippen molar-refractivity contribution < 1.29 is 9.53 Å². The lowest BCUT2D eigenvalue weighted by Gasteiger charge is -2.23. The van der Waals surface area contributed by atoms with Crippen molar-refractivity contribution in [2.24, 2.45) is 0 Å². The van der Waals surface area contributed by atoms with Crippen LogP contribution in [0.3, 0.4) is 0 Å². The summed E-state index contributed by atoms with van der Waals surface area (Å²) in [7, 11) is 3.61. The Hall–Kier alpha value is -1.39. The van der Waals surface area contributed by atoms with Crippen LogP contribution in [0, 0.1) is 0 Å². The molecular weight excluding hydrogens is 216 g/mol. The van der Waals surface area contributed by atoms with Crippen LogP contribution in [0.4, 0.5) is 0 Å². The van der Waals surface area contributed by atoms with Crippen molar-refractivity contribution in [2.45, 2.75) is 25.3 Å². The number of carbonyl (C=O) groups is 1. The Morgan fingerprint density at radius 2 is 2.00 bits per heavy atom. The highest BCUT2D eigenvalue weighted by atomic mass is 16.5. The van der Waals surface area contributed by atoms with Gasteiger partial charge in [0.2, 0.25) is 0 Å². The smallest absolute Gasteiger partial charge is 0.250 e. The predicted octanol–water partition coefficient (Wildman–Crippen LogP) is 1.15. The molecule has 1 aromatic rings. The summed E-state index contributed by atoms with van der Waals surface area (Å²) in [5.74, 6) is -0.0740. The minimum atomic E-state index is -0.442. The number of carbonyl (C=O) groups excluding carboxylic acids is 1. The average Bonchev–Trinajstić information content (AvgIpc) is 2.66. The van der Waals surface area contributed by atoms with Crippen LogP contribution in [0.5, 0.6) is 0 Å². The molecule has 4 heteroatoms. The third-order valence-corrected chi connectivity index (χ3v) is 3.29. The van der Waals surface area contributed by atoms with Gasteiger partial charge in [0, 0.05) is 7.05 Å². The Bertz CT molecular complexity index is 394. The number of rotatable bonds is 2. The molecule has 0 radical (unpaired) electrons. The molecule has 1 aromatic carbocycles. The normalized spacial score (nSPS) is 29.2. The summed E-state index contributed by atoms with van der Waals surface area (Å²) >= 11 is 0. The highest BCUT2D eigenvalue weighted by molar-refractivity contribution is 5.81. The zero-order chi connectivity index (χ0) is 12.4. The fraction of sp³-hybridized carbons (Fsp3) is 0.462. The minimum absolute atomic E-state index is 0.0221. The van der Waals surface area contributed by atoms with Crippen LogP contribution >= 0.6 is 0 Å². The molecule has 0 aliphatic carbocycles. The number of nitrogens with one attached hydrogen (secondary N) is 1. The van der Waals surface area contributed by atoms with E-state index in [0.29, 0.717) is 0 Å². The van der Waals surface area contributed by atoms with E-state index in [1.165, 1.54) is 0 Å². The van der Waals surface area contributed by atoms with E-state index in [1.54, 1.807) is 7.05 Å². The topological polar surface area (TPSA) is 41.6 Å². The molecule has 0 saturated carbocycles. The van der Waals surface area contributed by atoms with Gasteiger partial charge in [-0.05, 0) is 19.5 Å². The van der Waals surface area contributed by atoms with Gasteiger partial charge in [0.15, 0.2) is 6.10 Å². The lowest BCUT2D eigenvalue weighted by atomic mass is 10.0. The van der Waals surface area contributed by atoms with Gasteiger partial charge in [-0.2, -0.15) is 0 Å². The van der Waals surface area contributed by atoms with Crippen molar-refractivity contribution in [3.63, 3.8) is 0 Å². The molecule has 92 valence electrons. The Kier molecular flexibility index (Phi) is 3.45. The van der Waals surface area contributed by atoms with Crippen LogP contribution in [-0.4, -0.2) is 37.2 Å². The Labute approximate surface area is 102 Å². The number of hydrogen-bond donors (Lipinski definition) is 1. The van der Waals surface area contributed by atoms with E-state index in [1.807, 2.05) is 44.3 Å². The third-order valence-electron chi connectivity index (χ3n) is 3.29. The average molecular weight is 234 g/mol. The van der Waals surface area contributed by atoms with Gasteiger partial charge >= 0.3 is 0 Å². The van der Waals surface area contributed by atoms with Gasteiger partial charge < -0.3 is 10.1 Å². The van der Waals surface area contributed by atoms with Crippen molar-refractivity contribution in [3.8, 4) is 0 Å². The van der Waals surface area contributed by atoms with Crippen molar-refractivity contribution in [1.29, 1.82) is 0 Å². The first-order valence-corrected chi connectivity index (χ1v) is 5.79. The van der Waals surface area contributed by atoms with Crippen molar-refractivity contribution >= 4 is 5.91 Å². The molecule has 1 fully saturated rings. The molecule has 3 atom stereocenters. The molecule has 1 aliphatic rings. The maximum atomic E-state index is 11.8. The van der Waals surface area contributed by atoms with Gasteiger partial charge in [0.25, 0.3) is 5.91 Å². The van der Waals surface area contributed by atoms with Gasteiger partial charge in [-0.1, -0.05) is 30.3 Å². The number of ether oxygens (including phenoxy) is 1. The van der Waals surface area contributed by atoms with E-state index in [4.69, 9.17) is 4.74 Å². The van der Waals surface area contributed by atoms with Crippen LogP contribution in [0.15, 0.2) is 30.3 Å². The summed E-state index contributed by atoms with van der Waals surface area (Å²) in [5.41, 5.74) is 1.10. The van der Waals surface area contributed by atoms with E-state index in [0.717, 1.165) is 5.56 Å². The lowest BCUT2D eigenvalue weighted by Crippen LogP contribution is -2.37. The summed E-state index contributed by atoms with van der Waals surface area (Å²) in [6.45, 7) is 1.96. The summed E-state index contributed by atoms with van der Waals surface area (Å²) in [6.07, 6.45) is -0.495. The maximum Gasteiger partial charge on any atom is 0.250 e. The zero-order valence-corrected chi connectivity index (χ0v) is 10.4. The summed E-state index contributed by atoms with van der Waals surface area (Å²) < 4.78 is 5.71. The van der Waals surface area contributed by atoms with E-state index in [9.17, 15) is 4.79 Å². The van der Waals surface area contributed by atoms with Crippen LogP contribution in [0.25, 0.3) is 0 Å². The quantitative estimate of drug-likeness (QED) is 0.834. The first-order chi connectivity index (χ1) is 8.15. The fourth-order valence-corrected chi connectivity index (χ4v) is 2.23. The van der Waals surface area contributed by atoms with Crippen LogP contribution < -0.4 is 5.32 Å². The van der Waals surface area contributed by atoms with Crippen LogP contribution in [0.1, 0.15) is 18.5 Å². The molecule has 1 heterocycles. The first-order valence-electron chi connectivity index (χ1n) is 5.79. The lowest BCUT2D eigenvalue weighted by molar-refractivity contribution is -0.131. The van der Waals surface area contributed by atoms with Gasteiger partial charge in [0.1, 0.15) is 6.23 Å². The van der Waals surface area contributed by atoms with Gasteiger partial charge in [-0.3, -0.25) is 9.69 Å². The fourth-order valence-electron chi connectivity index (χ4n) is 2.23. The van der Waals surface area contributed by atoms with Gasteiger partial charge in [-0.25, -0.2) is 0 Å². The second-order valence-corrected chi connectivity index (χ2v) is 4.29. The number of nitrogens with zero attached hydrogens (tertiary/aromatic N) is 1. The predicted molar refractivity (Wildman–Crippen MR) is 65.3 cm³/mol. The summed E-state index contributed by atoms with van der Waals surface area (Å²) in [5, 5.41) is 2.66. The largest absolute Gasteiger partial charge is 0.357 e. The summed E-state index contributed by atoms with van der Waals surface area (Å²) in [4.78, 5) is 13.9. The van der Waals surface area contributed by atoms with Crippen molar-refractivity contribution in [1.82, 2.24) is 10.2 Å². The highest BCUT2D eigenvalue weighted by Crippen LogP contribution is 2.34. The summed E-state index contributed by atoms with van der Waals surface area (Å²) in [6, 6.07) is 9.96. The Morgan fingerprint density at radius 3 is 2.59 bits per heavy atom. The number of benzene rings is 1. The van der Waals surface area contributed by atoms with E-state index in [-0.39, 0.29) is 18.2 Å². The van der Waals surface area contributed by atoms with E-state index < -0.39 is 6.10 Å². The molecule has 0 aromatic heterocycles. The Morgan fingerprint density at radius 1 is 1.35 bits per heavy atom. The Balaban J connectivity index is 2.31. The molecular formula is C13H18N2O2. The maximum absolute atomic E-state index is 11.8. The second kappa shape index (κ2) is 4.85. The standard InChI is InChI=1S/C13H18N2O2/c1-9-15(3)11(10-7-5-4-6-8-10)12(17-9)13(16)14-2/h4-9,11-12H,1-3H3,(H,14,16)/t9-,11-,12-/m1/s1. The number of likely N-dealkylation sites (N-methyl/N-ethyl adjacent to an activating group) is 2. The molecule has 1 amide bonds. The van der Waals surface area contributed by atoms with Gasteiger partial charge in [-0.15, -0.1) is 0 Å². The molecule has 0 bridgehead atoms. The van der Waals surface area contributed by atoms with Crippen molar-refractivity contribution in [2.75, 3.05) is 14.1 Å². The third kappa shape index (κ3) is 2.18. The molecule has 1 saturated heterocycles. The molecule has 17 heavy (non-hydrogen) atoms. The number of amides is 1. The molecule has 1 N–H and O–H groups in total.